The second kappa shape index (κ2) is 15.2. The van der Waals surface area contributed by atoms with Crippen molar-refractivity contribution in [1.82, 2.24) is 4.90 Å². The standard InChI is InChI=1S/C32H29Cl2F2N3O8S2/c1-38(2)30(40)20-4-3-5-21(12-20)49(43,44)37-25-10-11-48-29(25)31(41)46-27(14-22-23(33)15-39(42)16-24(22)34)19-8-9-26(47-32(35)36)28(13-19)45-17-18-6-7-18/h3-5,8-13,15-16,18,27,32,37H,6-7,14,17H2,1-2H3/t27-/m0/s1. The molecule has 1 N–H and O–H groups in total. The Labute approximate surface area is 294 Å². The largest absolute Gasteiger partial charge is 0.619 e. The van der Waals surface area contributed by atoms with Crippen molar-refractivity contribution in [2.24, 2.45) is 5.92 Å². The fourth-order valence-corrected chi connectivity index (χ4v) is 7.16. The molecular weight excluding hydrogens is 727 g/mol. The molecule has 0 unspecified atom stereocenters. The Morgan fingerprint density at radius 3 is 2.45 bits per heavy atom. The third kappa shape index (κ3) is 9.09. The molecule has 0 spiro atoms. The van der Waals surface area contributed by atoms with Crippen molar-refractivity contribution in [1.29, 1.82) is 0 Å². The molecule has 260 valence electrons. The van der Waals surface area contributed by atoms with Crippen LogP contribution < -0.4 is 18.9 Å². The van der Waals surface area contributed by atoms with Gasteiger partial charge in [-0.25, -0.2) is 13.2 Å². The van der Waals surface area contributed by atoms with Crippen LogP contribution in [-0.2, 0) is 21.2 Å². The SMILES string of the molecule is CN(C)C(=O)c1cccc(S(=O)(=O)Nc2ccsc2C(=O)O[C@@H](Cc2c(Cl)c[n+]([O-])cc2Cl)c2ccc(OC(F)F)c(OCC3CC3)c2)c1. The van der Waals surface area contributed by atoms with Crippen LogP contribution in [-0.4, -0.2) is 52.5 Å². The van der Waals surface area contributed by atoms with Crippen LogP contribution in [0.1, 0.15) is 50.1 Å². The van der Waals surface area contributed by atoms with Gasteiger partial charge in [-0.15, -0.1) is 11.3 Å². The summed E-state index contributed by atoms with van der Waals surface area (Å²) in [5.74, 6) is -1.30. The third-order valence-electron chi connectivity index (χ3n) is 7.32. The smallest absolute Gasteiger partial charge is 0.387 e. The highest BCUT2D eigenvalue weighted by Crippen LogP contribution is 2.39. The molecule has 2 aromatic heterocycles. The molecule has 11 nitrogen and oxygen atoms in total. The minimum absolute atomic E-state index is 0.00652. The molecule has 0 saturated heterocycles. The van der Waals surface area contributed by atoms with Crippen molar-refractivity contribution in [2.45, 2.75) is 36.9 Å². The molecule has 0 bridgehead atoms. The van der Waals surface area contributed by atoms with E-state index in [4.69, 9.17) is 32.7 Å². The number of nitrogens with one attached hydrogen (secondary N) is 1. The summed E-state index contributed by atoms with van der Waals surface area (Å²) >= 11 is 13.6. The van der Waals surface area contributed by atoms with Gasteiger partial charge in [0.15, 0.2) is 23.9 Å². The number of carbonyl (C=O) groups excluding carboxylic acids is 2. The number of pyridine rings is 1. The first-order chi connectivity index (χ1) is 23.2. The number of anilines is 1. The van der Waals surface area contributed by atoms with Gasteiger partial charge in [-0.1, -0.05) is 35.3 Å². The van der Waals surface area contributed by atoms with E-state index in [1.165, 1.54) is 72.9 Å². The molecule has 1 amide bonds. The van der Waals surface area contributed by atoms with E-state index in [0.717, 1.165) is 36.6 Å². The number of amides is 1. The Kier molecular flexibility index (Phi) is 11.2. The third-order valence-corrected chi connectivity index (χ3v) is 10.2. The number of carbonyl (C=O) groups is 2. The van der Waals surface area contributed by atoms with E-state index < -0.39 is 34.6 Å². The van der Waals surface area contributed by atoms with E-state index in [1.54, 1.807) is 0 Å². The van der Waals surface area contributed by atoms with Crippen LogP contribution >= 0.6 is 34.5 Å². The molecule has 17 heteroatoms. The fourth-order valence-electron chi connectivity index (χ4n) is 4.65. The van der Waals surface area contributed by atoms with E-state index >= 15 is 0 Å². The summed E-state index contributed by atoms with van der Waals surface area (Å²) in [5.41, 5.74) is 0.593. The van der Waals surface area contributed by atoms with Gasteiger partial charge in [0.1, 0.15) is 21.0 Å². The zero-order valence-electron chi connectivity index (χ0n) is 25.9. The lowest BCUT2D eigenvalue weighted by Crippen LogP contribution is -2.25. The number of thiophene rings is 1. The first-order valence-electron chi connectivity index (χ1n) is 14.6. The van der Waals surface area contributed by atoms with Crippen molar-refractivity contribution >= 4 is 62.1 Å². The van der Waals surface area contributed by atoms with Gasteiger partial charge in [-0.3, -0.25) is 9.52 Å². The molecule has 1 saturated carbocycles. The van der Waals surface area contributed by atoms with Gasteiger partial charge >= 0.3 is 12.6 Å². The van der Waals surface area contributed by atoms with E-state index in [9.17, 15) is 32.0 Å². The number of hydrogen-bond donors (Lipinski definition) is 1. The number of esters is 1. The number of ether oxygens (including phenoxy) is 3. The Balaban J connectivity index is 1.46. The Morgan fingerprint density at radius 1 is 1.08 bits per heavy atom. The highest BCUT2D eigenvalue weighted by Gasteiger charge is 2.29. The Bertz CT molecular complexity index is 1950. The number of hydrogen-bond acceptors (Lipinski definition) is 9. The molecule has 1 aliphatic rings. The monoisotopic (exact) mass is 755 g/mol. The number of halogens is 4. The number of benzene rings is 2. The second-order valence-electron chi connectivity index (χ2n) is 11.2. The molecule has 0 aliphatic heterocycles. The normalized spacial score (nSPS) is 13.5. The predicted octanol–water partition coefficient (Wildman–Crippen LogP) is 6.72. The van der Waals surface area contributed by atoms with E-state index in [0.29, 0.717) is 4.73 Å². The average molecular weight is 757 g/mol. The van der Waals surface area contributed by atoms with E-state index in [2.05, 4.69) is 9.46 Å². The summed E-state index contributed by atoms with van der Waals surface area (Å²) in [7, 11) is -1.21. The van der Waals surface area contributed by atoms with Gasteiger partial charge in [-0.05, 0) is 66.1 Å². The molecule has 0 radical (unpaired) electrons. The molecule has 1 fully saturated rings. The molecule has 2 aromatic carbocycles. The van der Waals surface area contributed by atoms with Gasteiger partial charge in [-0.2, -0.15) is 13.5 Å². The summed E-state index contributed by atoms with van der Waals surface area (Å²) in [6, 6.07) is 10.9. The fraction of sp³-hybridized carbons (Fsp3) is 0.281. The number of alkyl halides is 2. The van der Waals surface area contributed by atoms with Crippen molar-refractivity contribution < 1.29 is 45.7 Å². The summed E-state index contributed by atoms with van der Waals surface area (Å²) in [4.78, 5) is 27.1. The van der Waals surface area contributed by atoms with Crippen LogP contribution in [0.25, 0.3) is 0 Å². The zero-order chi connectivity index (χ0) is 35.5. The van der Waals surface area contributed by atoms with Crippen molar-refractivity contribution in [3.63, 3.8) is 0 Å². The number of nitrogens with zero attached hydrogens (tertiary/aromatic N) is 2. The Hall–Kier alpha value is -4.18. The van der Waals surface area contributed by atoms with E-state index in [-0.39, 0.29) is 72.6 Å². The number of rotatable bonds is 14. The molecular formula is C32H29Cl2F2N3O8S2. The van der Waals surface area contributed by atoms with Crippen LogP contribution in [0.3, 0.4) is 0 Å². The minimum atomic E-state index is -4.27. The quantitative estimate of drug-likeness (QED) is 0.0851. The van der Waals surface area contributed by atoms with Crippen LogP contribution in [0.4, 0.5) is 14.5 Å². The maximum Gasteiger partial charge on any atom is 0.387 e. The maximum absolute atomic E-state index is 13.7. The second-order valence-corrected chi connectivity index (χ2v) is 14.6. The maximum atomic E-state index is 13.7. The molecule has 4 aromatic rings. The van der Waals surface area contributed by atoms with Gasteiger partial charge in [0, 0.05) is 31.6 Å². The summed E-state index contributed by atoms with van der Waals surface area (Å²) in [6.07, 6.45) is 2.65. The molecule has 1 aliphatic carbocycles. The number of sulfonamides is 1. The summed E-state index contributed by atoms with van der Waals surface area (Å²) in [6.45, 7) is -2.86. The van der Waals surface area contributed by atoms with Crippen LogP contribution in [0, 0.1) is 11.1 Å². The highest BCUT2D eigenvalue weighted by molar-refractivity contribution is 7.92. The minimum Gasteiger partial charge on any atom is -0.619 e. The van der Waals surface area contributed by atoms with Gasteiger partial charge in [0.25, 0.3) is 15.9 Å². The molecule has 5 rings (SSSR count). The van der Waals surface area contributed by atoms with Gasteiger partial charge in [0.05, 0.1) is 17.2 Å². The molecule has 2 heterocycles. The van der Waals surface area contributed by atoms with E-state index in [1.807, 2.05) is 0 Å². The van der Waals surface area contributed by atoms with Crippen LogP contribution in [0.2, 0.25) is 10.0 Å². The average Bonchev–Trinajstić information content (AvgIpc) is 3.76. The molecule has 1 atom stereocenters. The van der Waals surface area contributed by atoms with Crippen LogP contribution in [0.5, 0.6) is 11.5 Å². The first-order valence-corrected chi connectivity index (χ1v) is 17.7. The van der Waals surface area contributed by atoms with Crippen LogP contribution in [0.15, 0.2) is 71.2 Å². The molecule has 49 heavy (non-hydrogen) atoms. The summed E-state index contributed by atoms with van der Waals surface area (Å²) in [5, 5.41) is 13.3. The lowest BCUT2D eigenvalue weighted by molar-refractivity contribution is -0.605. The van der Waals surface area contributed by atoms with Crippen molar-refractivity contribution in [3.8, 4) is 11.5 Å². The lowest BCUT2D eigenvalue weighted by atomic mass is 10.0. The Morgan fingerprint density at radius 2 is 1.80 bits per heavy atom. The van der Waals surface area contributed by atoms with Crippen molar-refractivity contribution in [3.05, 3.63) is 103 Å². The number of aromatic nitrogens is 1. The highest BCUT2D eigenvalue weighted by atomic mass is 35.5. The van der Waals surface area contributed by atoms with Gasteiger partial charge < -0.3 is 24.3 Å². The van der Waals surface area contributed by atoms with Gasteiger partial charge in [0.2, 0.25) is 0 Å². The first kappa shape index (κ1) is 36.1. The summed E-state index contributed by atoms with van der Waals surface area (Å²) < 4.78 is 72.2. The van der Waals surface area contributed by atoms with Crippen molar-refractivity contribution in [2.75, 3.05) is 25.4 Å². The zero-order valence-corrected chi connectivity index (χ0v) is 29.0. The predicted molar refractivity (Wildman–Crippen MR) is 178 cm³/mol. The lowest BCUT2D eigenvalue weighted by Gasteiger charge is -2.21. The topological polar surface area (TPSA) is 138 Å².